The van der Waals surface area contributed by atoms with Crippen LogP contribution in [0.15, 0.2) is 6.07 Å². The Labute approximate surface area is 98.5 Å². The first kappa shape index (κ1) is 11.3. The molecule has 17 heavy (non-hydrogen) atoms. The van der Waals surface area contributed by atoms with Crippen LogP contribution in [-0.4, -0.2) is 21.3 Å². The van der Waals surface area contributed by atoms with Crippen LogP contribution >= 0.6 is 11.6 Å². The number of halogens is 2. The van der Waals surface area contributed by atoms with E-state index in [0.29, 0.717) is 0 Å². The van der Waals surface area contributed by atoms with Crippen molar-refractivity contribution >= 4 is 34.7 Å². The molecule has 9 heteroatoms. The van der Waals surface area contributed by atoms with Crippen molar-refractivity contribution in [3.05, 3.63) is 16.9 Å². The summed E-state index contributed by atoms with van der Waals surface area (Å²) >= 11 is 5.59. The predicted octanol–water partition coefficient (Wildman–Crippen LogP) is 0.857. The summed E-state index contributed by atoms with van der Waals surface area (Å²) in [6.07, 6.45) is -1.09. The van der Waals surface area contributed by atoms with Crippen molar-refractivity contribution in [1.29, 1.82) is 0 Å². The Balaban J connectivity index is 2.77. The van der Waals surface area contributed by atoms with Crippen LogP contribution in [-0.2, 0) is 0 Å². The smallest absolute Gasteiger partial charge is 0.408 e. The van der Waals surface area contributed by atoms with E-state index < -0.39 is 11.9 Å². The highest BCUT2D eigenvalue weighted by atomic mass is 35.5. The summed E-state index contributed by atoms with van der Waals surface area (Å²) in [7, 11) is 0. The van der Waals surface area contributed by atoms with Crippen molar-refractivity contribution in [3.8, 4) is 5.75 Å². The number of nitrogens with zero attached hydrogens (tertiary/aromatic N) is 3. The molecule has 0 atom stereocenters. The predicted molar refractivity (Wildman–Crippen MR) is 56.9 cm³/mol. The molecule has 88 valence electrons. The number of amides is 1. The maximum atomic E-state index is 13.6. The van der Waals surface area contributed by atoms with Crippen LogP contribution in [0.1, 0.15) is 0 Å². The second-order valence-corrected chi connectivity index (χ2v) is 3.37. The summed E-state index contributed by atoms with van der Waals surface area (Å²) in [6, 6.07) is 1.05. The Morgan fingerprint density at radius 3 is 2.76 bits per heavy atom. The fourth-order valence-corrected chi connectivity index (χ4v) is 1.39. The molecular weight excluding hydrogens is 253 g/mol. The van der Waals surface area contributed by atoms with Crippen molar-refractivity contribution in [2.45, 2.75) is 0 Å². The minimum atomic E-state index is -1.09. The molecule has 0 unspecified atom stereocenters. The number of nitrogens with two attached hydrogens (primary N) is 2. The molecule has 0 aliphatic carbocycles. The van der Waals surface area contributed by atoms with E-state index >= 15 is 0 Å². The third-order valence-electron chi connectivity index (χ3n) is 1.82. The van der Waals surface area contributed by atoms with Gasteiger partial charge in [-0.3, -0.25) is 0 Å². The molecule has 2 aromatic rings. The number of fused-ring (bicyclic) bond motifs is 1. The first-order valence-corrected chi connectivity index (χ1v) is 4.62. The van der Waals surface area contributed by atoms with Gasteiger partial charge in [0.1, 0.15) is 5.52 Å². The molecule has 0 aliphatic heterocycles. The molecule has 1 aromatic carbocycles. The maximum Gasteiger partial charge on any atom is 0.410 e. The summed E-state index contributed by atoms with van der Waals surface area (Å²) in [5, 5.41) is 6.69. The Morgan fingerprint density at radius 1 is 1.41 bits per heavy atom. The summed E-state index contributed by atoms with van der Waals surface area (Å²) in [5.41, 5.74) is 9.76. The number of rotatable bonds is 1. The lowest BCUT2D eigenvalue weighted by Crippen LogP contribution is -2.17. The number of primary amides is 1. The SMILES string of the molecule is NC(=O)Oc1cc(Cl)c(F)c2nc(N)nnc12. The molecule has 0 saturated heterocycles. The molecule has 0 radical (unpaired) electrons. The zero-order chi connectivity index (χ0) is 12.6. The molecular formula is C8H5ClFN5O2. The van der Waals surface area contributed by atoms with E-state index in [4.69, 9.17) is 23.1 Å². The normalized spacial score (nSPS) is 10.5. The summed E-state index contributed by atoms with van der Waals surface area (Å²) < 4.78 is 18.2. The Bertz CT molecular complexity index is 620. The van der Waals surface area contributed by atoms with Gasteiger partial charge in [-0.05, 0) is 0 Å². The van der Waals surface area contributed by atoms with Crippen molar-refractivity contribution in [2.75, 3.05) is 5.73 Å². The lowest BCUT2D eigenvalue weighted by molar-refractivity contribution is 0.211. The molecule has 1 aromatic heterocycles. The van der Waals surface area contributed by atoms with Crippen LogP contribution in [0.4, 0.5) is 15.1 Å². The second-order valence-electron chi connectivity index (χ2n) is 2.96. The molecule has 2 rings (SSSR count). The number of anilines is 1. The van der Waals surface area contributed by atoms with Gasteiger partial charge in [-0.2, -0.15) is 0 Å². The number of ether oxygens (including phenoxy) is 1. The number of carbonyl (C=O) groups is 1. The van der Waals surface area contributed by atoms with E-state index in [1.807, 2.05) is 0 Å². The molecule has 0 fully saturated rings. The van der Waals surface area contributed by atoms with E-state index in [9.17, 15) is 9.18 Å². The van der Waals surface area contributed by atoms with Gasteiger partial charge < -0.3 is 16.2 Å². The number of hydrogen-bond acceptors (Lipinski definition) is 6. The lowest BCUT2D eigenvalue weighted by Gasteiger charge is -2.06. The topological polar surface area (TPSA) is 117 Å². The fourth-order valence-electron chi connectivity index (χ4n) is 1.20. The van der Waals surface area contributed by atoms with Gasteiger partial charge >= 0.3 is 6.09 Å². The summed E-state index contributed by atoms with van der Waals surface area (Å²) in [4.78, 5) is 14.3. The highest BCUT2D eigenvalue weighted by Gasteiger charge is 2.16. The molecule has 1 heterocycles. The van der Waals surface area contributed by atoms with Gasteiger partial charge in [0.25, 0.3) is 0 Å². The van der Waals surface area contributed by atoms with Crippen LogP contribution in [0.5, 0.6) is 5.75 Å². The van der Waals surface area contributed by atoms with E-state index in [-0.39, 0.29) is 27.8 Å². The van der Waals surface area contributed by atoms with Gasteiger partial charge in [0, 0.05) is 6.07 Å². The van der Waals surface area contributed by atoms with Gasteiger partial charge in [0.15, 0.2) is 17.1 Å². The molecule has 4 N–H and O–H groups in total. The summed E-state index contributed by atoms with van der Waals surface area (Å²) in [5.74, 6) is -1.21. The quantitative estimate of drug-likeness (QED) is 0.782. The average molecular weight is 258 g/mol. The van der Waals surface area contributed by atoms with Crippen LogP contribution in [0.25, 0.3) is 11.0 Å². The van der Waals surface area contributed by atoms with Crippen molar-refractivity contribution < 1.29 is 13.9 Å². The van der Waals surface area contributed by atoms with Crippen molar-refractivity contribution in [2.24, 2.45) is 5.73 Å². The van der Waals surface area contributed by atoms with E-state index in [1.165, 1.54) is 0 Å². The fraction of sp³-hybridized carbons (Fsp3) is 0. The minimum absolute atomic E-state index is 0.0973. The molecule has 7 nitrogen and oxygen atoms in total. The first-order chi connectivity index (χ1) is 7.99. The summed E-state index contributed by atoms with van der Waals surface area (Å²) in [6.45, 7) is 0. The zero-order valence-electron chi connectivity index (χ0n) is 8.15. The second kappa shape index (κ2) is 3.98. The van der Waals surface area contributed by atoms with Crippen LogP contribution in [0, 0.1) is 5.82 Å². The van der Waals surface area contributed by atoms with E-state index in [2.05, 4.69) is 19.9 Å². The molecule has 0 saturated carbocycles. The van der Waals surface area contributed by atoms with E-state index in [1.54, 1.807) is 0 Å². The van der Waals surface area contributed by atoms with Crippen molar-refractivity contribution in [3.63, 3.8) is 0 Å². The van der Waals surface area contributed by atoms with Gasteiger partial charge in [-0.1, -0.05) is 11.6 Å². The number of aromatic nitrogens is 3. The Kier molecular flexibility index (Phi) is 2.64. The Morgan fingerprint density at radius 2 is 2.12 bits per heavy atom. The molecule has 0 spiro atoms. The number of benzene rings is 1. The van der Waals surface area contributed by atoms with Crippen LogP contribution < -0.4 is 16.2 Å². The minimum Gasteiger partial charge on any atom is -0.408 e. The number of carbonyl (C=O) groups excluding carboxylic acids is 1. The largest absolute Gasteiger partial charge is 0.410 e. The first-order valence-electron chi connectivity index (χ1n) is 4.24. The highest BCUT2D eigenvalue weighted by molar-refractivity contribution is 6.31. The van der Waals surface area contributed by atoms with Gasteiger partial charge in [0.05, 0.1) is 5.02 Å². The van der Waals surface area contributed by atoms with Crippen LogP contribution in [0.2, 0.25) is 5.02 Å². The highest BCUT2D eigenvalue weighted by Crippen LogP contribution is 2.30. The van der Waals surface area contributed by atoms with Gasteiger partial charge in [0.2, 0.25) is 5.95 Å². The molecule has 0 bridgehead atoms. The Hall–Kier alpha value is -2.22. The number of nitrogen functional groups attached to an aromatic ring is 1. The molecule has 1 amide bonds. The van der Waals surface area contributed by atoms with Gasteiger partial charge in [-0.25, -0.2) is 14.2 Å². The van der Waals surface area contributed by atoms with Gasteiger partial charge in [-0.15, -0.1) is 10.2 Å². The third kappa shape index (κ3) is 2.02. The van der Waals surface area contributed by atoms with E-state index in [0.717, 1.165) is 6.07 Å². The zero-order valence-corrected chi connectivity index (χ0v) is 8.90. The standard InChI is InChI=1S/C8H5ClFN5O2/c9-2-1-3(17-8(12)16)5-6(4(2)10)13-7(11)15-14-5/h1H,(H2,12,16)(H2,11,13,15). The monoisotopic (exact) mass is 257 g/mol. The van der Waals surface area contributed by atoms with Crippen LogP contribution in [0.3, 0.4) is 0 Å². The lowest BCUT2D eigenvalue weighted by atomic mass is 10.2. The molecule has 0 aliphatic rings. The number of hydrogen-bond donors (Lipinski definition) is 2. The maximum absolute atomic E-state index is 13.6. The average Bonchev–Trinajstić information content (AvgIpc) is 2.24. The third-order valence-corrected chi connectivity index (χ3v) is 2.10. The van der Waals surface area contributed by atoms with Crippen molar-refractivity contribution in [1.82, 2.24) is 15.2 Å².